The van der Waals surface area contributed by atoms with Crippen LogP contribution in [0.5, 0.6) is 0 Å². The normalized spacial score (nSPS) is 11.3. The largest absolute Gasteiger partial charge is 0.361 e. The average Bonchev–Trinajstić information content (AvgIpc) is 2.70. The number of aryl methyl sites for hydroxylation is 1. The third-order valence-corrected chi connectivity index (χ3v) is 3.83. The summed E-state index contributed by atoms with van der Waals surface area (Å²) >= 11 is 1.74. The Kier molecular flexibility index (Phi) is 4.55. The summed E-state index contributed by atoms with van der Waals surface area (Å²) in [6, 6.07) is 6.41. The lowest BCUT2D eigenvalue weighted by molar-refractivity contribution is 0.396. The van der Waals surface area contributed by atoms with Crippen LogP contribution in [0, 0.1) is 6.92 Å². The van der Waals surface area contributed by atoms with Gasteiger partial charge < -0.3 is 10.2 Å². The highest BCUT2D eigenvalue weighted by molar-refractivity contribution is 7.22. The molecule has 0 bridgehead atoms. The van der Waals surface area contributed by atoms with Gasteiger partial charge in [-0.3, -0.25) is 0 Å². The van der Waals surface area contributed by atoms with Crippen molar-refractivity contribution in [2.75, 3.05) is 32.5 Å². The molecule has 98 valence electrons. The number of hydrogen-bond acceptors (Lipinski definition) is 4. The smallest absolute Gasteiger partial charge is 0.183 e. The SMILES string of the molecule is Cc1ccc2nc(NCCCCN(C)C)sc2c1. The zero-order chi connectivity index (χ0) is 13.0. The first-order valence-electron chi connectivity index (χ1n) is 6.41. The molecule has 0 unspecified atom stereocenters. The summed E-state index contributed by atoms with van der Waals surface area (Å²) in [5.41, 5.74) is 2.39. The van der Waals surface area contributed by atoms with Crippen LogP contribution < -0.4 is 5.32 Å². The Morgan fingerprint density at radius 1 is 1.28 bits per heavy atom. The van der Waals surface area contributed by atoms with Gasteiger partial charge >= 0.3 is 0 Å². The Labute approximate surface area is 113 Å². The van der Waals surface area contributed by atoms with E-state index in [0.29, 0.717) is 0 Å². The maximum Gasteiger partial charge on any atom is 0.183 e. The van der Waals surface area contributed by atoms with E-state index in [9.17, 15) is 0 Å². The minimum atomic E-state index is 1.01. The molecular formula is C14H21N3S. The molecule has 0 aliphatic rings. The monoisotopic (exact) mass is 263 g/mol. The van der Waals surface area contributed by atoms with Crippen LogP contribution in [0.3, 0.4) is 0 Å². The van der Waals surface area contributed by atoms with Gasteiger partial charge in [0, 0.05) is 6.54 Å². The average molecular weight is 263 g/mol. The number of anilines is 1. The van der Waals surface area contributed by atoms with Crippen molar-refractivity contribution in [1.29, 1.82) is 0 Å². The number of benzene rings is 1. The van der Waals surface area contributed by atoms with Gasteiger partial charge in [0.05, 0.1) is 10.2 Å². The zero-order valence-electron chi connectivity index (χ0n) is 11.4. The summed E-state index contributed by atoms with van der Waals surface area (Å²) in [6.45, 7) is 4.28. The third kappa shape index (κ3) is 3.68. The Hall–Kier alpha value is -1.13. The first-order chi connectivity index (χ1) is 8.65. The predicted octanol–water partition coefficient (Wildman–Crippen LogP) is 3.36. The Morgan fingerprint density at radius 2 is 2.11 bits per heavy atom. The van der Waals surface area contributed by atoms with E-state index in [1.165, 1.54) is 23.1 Å². The highest BCUT2D eigenvalue weighted by Crippen LogP contribution is 2.26. The lowest BCUT2D eigenvalue weighted by Gasteiger charge is -2.08. The molecule has 2 aromatic rings. The van der Waals surface area contributed by atoms with E-state index < -0.39 is 0 Å². The van der Waals surface area contributed by atoms with Gasteiger partial charge in [-0.2, -0.15) is 0 Å². The summed E-state index contributed by atoms with van der Waals surface area (Å²) in [4.78, 5) is 6.81. The number of aromatic nitrogens is 1. The summed E-state index contributed by atoms with van der Waals surface area (Å²) < 4.78 is 1.27. The highest BCUT2D eigenvalue weighted by Gasteiger charge is 2.02. The van der Waals surface area contributed by atoms with Crippen molar-refractivity contribution in [3.8, 4) is 0 Å². The number of nitrogens with zero attached hydrogens (tertiary/aromatic N) is 2. The standard InChI is InChI=1S/C14H21N3S/c1-11-6-7-12-13(10-11)18-14(16-12)15-8-4-5-9-17(2)3/h6-7,10H,4-5,8-9H2,1-3H3,(H,15,16). The lowest BCUT2D eigenvalue weighted by atomic mass is 10.2. The van der Waals surface area contributed by atoms with Gasteiger partial charge in [0.2, 0.25) is 0 Å². The molecule has 0 atom stereocenters. The number of rotatable bonds is 6. The predicted molar refractivity (Wildman–Crippen MR) is 80.6 cm³/mol. The van der Waals surface area contributed by atoms with Crippen molar-refractivity contribution in [1.82, 2.24) is 9.88 Å². The molecule has 1 N–H and O–H groups in total. The van der Waals surface area contributed by atoms with Crippen LogP contribution >= 0.6 is 11.3 Å². The maximum atomic E-state index is 4.58. The molecule has 0 aliphatic heterocycles. The molecule has 0 saturated carbocycles. The van der Waals surface area contributed by atoms with Crippen molar-refractivity contribution in [3.63, 3.8) is 0 Å². The van der Waals surface area contributed by atoms with E-state index in [1.54, 1.807) is 11.3 Å². The van der Waals surface area contributed by atoms with Crippen LogP contribution in [-0.4, -0.2) is 37.1 Å². The number of thiazole rings is 1. The Balaban J connectivity index is 1.84. The third-order valence-electron chi connectivity index (χ3n) is 2.85. The molecule has 0 amide bonds. The molecule has 18 heavy (non-hydrogen) atoms. The second-order valence-electron chi connectivity index (χ2n) is 4.93. The first-order valence-corrected chi connectivity index (χ1v) is 7.22. The van der Waals surface area contributed by atoms with Gasteiger partial charge in [0.25, 0.3) is 0 Å². The van der Waals surface area contributed by atoms with E-state index >= 15 is 0 Å². The van der Waals surface area contributed by atoms with Gasteiger partial charge in [-0.1, -0.05) is 17.4 Å². The van der Waals surface area contributed by atoms with E-state index in [2.05, 4.69) is 54.4 Å². The van der Waals surface area contributed by atoms with Gasteiger partial charge in [-0.25, -0.2) is 4.98 Å². The molecule has 1 heterocycles. The number of unbranched alkanes of at least 4 members (excludes halogenated alkanes) is 1. The van der Waals surface area contributed by atoms with Crippen LogP contribution in [0.2, 0.25) is 0 Å². The van der Waals surface area contributed by atoms with Crippen LogP contribution in [0.1, 0.15) is 18.4 Å². The van der Waals surface area contributed by atoms with E-state index in [0.717, 1.165) is 23.7 Å². The van der Waals surface area contributed by atoms with Gasteiger partial charge in [-0.15, -0.1) is 0 Å². The molecule has 3 nitrogen and oxygen atoms in total. The molecular weight excluding hydrogens is 242 g/mol. The van der Waals surface area contributed by atoms with Crippen molar-refractivity contribution < 1.29 is 0 Å². The molecule has 0 aliphatic carbocycles. The summed E-state index contributed by atoms with van der Waals surface area (Å²) in [6.07, 6.45) is 2.41. The van der Waals surface area contributed by atoms with Crippen LogP contribution in [0.4, 0.5) is 5.13 Å². The van der Waals surface area contributed by atoms with Crippen LogP contribution in [-0.2, 0) is 0 Å². The molecule has 0 spiro atoms. The Morgan fingerprint density at radius 3 is 2.89 bits per heavy atom. The van der Waals surface area contributed by atoms with E-state index in [4.69, 9.17) is 0 Å². The molecule has 4 heteroatoms. The van der Waals surface area contributed by atoms with Crippen molar-refractivity contribution in [3.05, 3.63) is 23.8 Å². The fourth-order valence-corrected chi connectivity index (χ4v) is 2.85. The van der Waals surface area contributed by atoms with Gasteiger partial charge in [-0.05, 0) is 58.1 Å². The molecule has 0 radical (unpaired) electrons. The van der Waals surface area contributed by atoms with Crippen LogP contribution in [0.25, 0.3) is 10.2 Å². The number of fused-ring (bicyclic) bond motifs is 1. The minimum Gasteiger partial charge on any atom is -0.361 e. The van der Waals surface area contributed by atoms with Crippen molar-refractivity contribution >= 4 is 26.7 Å². The fourth-order valence-electron chi connectivity index (χ4n) is 1.86. The summed E-state index contributed by atoms with van der Waals surface area (Å²) in [5, 5.41) is 4.46. The number of nitrogens with one attached hydrogen (secondary N) is 1. The van der Waals surface area contributed by atoms with Gasteiger partial charge in [0.15, 0.2) is 5.13 Å². The highest BCUT2D eigenvalue weighted by atomic mass is 32.1. The summed E-state index contributed by atoms with van der Waals surface area (Å²) in [5.74, 6) is 0. The second kappa shape index (κ2) is 6.16. The van der Waals surface area contributed by atoms with Crippen molar-refractivity contribution in [2.45, 2.75) is 19.8 Å². The molecule has 0 saturated heterocycles. The molecule has 2 rings (SSSR count). The lowest BCUT2D eigenvalue weighted by Crippen LogP contribution is -2.14. The zero-order valence-corrected chi connectivity index (χ0v) is 12.2. The molecule has 0 fully saturated rings. The van der Waals surface area contributed by atoms with Crippen molar-refractivity contribution in [2.24, 2.45) is 0 Å². The quantitative estimate of drug-likeness (QED) is 0.810. The fraction of sp³-hybridized carbons (Fsp3) is 0.500. The maximum absolute atomic E-state index is 4.58. The second-order valence-corrected chi connectivity index (χ2v) is 5.96. The number of hydrogen-bond donors (Lipinski definition) is 1. The molecule has 1 aromatic carbocycles. The Bertz CT molecular complexity index is 505. The van der Waals surface area contributed by atoms with E-state index in [-0.39, 0.29) is 0 Å². The molecule has 1 aromatic heterocycles. The van der Waals surface area contributed by atoms with E-state index in [1.807, 2.05) is 0 Å². The van der Waals surface area contributed by atoms with Gasteiger partial charge in [0.1, 0.15) is 0 Å². The van der Waals surface area contributed by atoms with Crippen LogP contribution in [0.15, 0.2) is 18.2 Å². The minimum absolute atomic E-state index is 1.01. The first kappa shape index (κ1) is 13.3. The topological polar surface area (TPSA) is 28.2 Å². The summed E-state index contributed by atoms with van der Waals surface area (Å²) in [7, 11) is 4.23.